The Bertz CT molecular complexity index is 1280. The standard InChI is InChI=1S/C27H31N5O4/c1-5-36-24(33)16-31-13-11-20(12-14-31)22-7-6-8-23(26(22)34)28-29-25-19(4)30-32(27(25)35)21-10-9-17(2)18(3)15-21/h6-11,15,28,34H,5,12-14,16H2,1-4H3. The molecule has 2 aromatic rings. The molecule has 0 fully saturated rings. The van der Waals surface area contributed by atoms with Crippen molar-refractivity contribution in [3.8, 4) is 5.75 Å². The number of phenols is 1. The number of nitrogens with one attached hydrogen (secondary N) is 1. The van der Waals surface area contributed by atoms with Crippen LogP contribution in [0.3, 0.4) is 0 Å². The Hall–Kier alpha value is -3.98. The molecule has 4 rings (SSSR count). The van der Waals surface area contributed by atoms with E-state index in [-0.39, 0.29) is 29.9 Å². The van der Waals surface area contributed by atoms with Gasteiger partial charge in [0.05, 0.1) is 30.2 Å². The number of hydrazone groups is 2. The molecule has 0 aromatic heterocycles. The number of para-hydroxylation sites is 1. The van der Waals surface area contributed by atoms with Gasteiger partial charge in [-0.2, -0.15) is 15.2 Å². The lowest BCUT2D eigenvalue weighted by Crippen LogP contribution is -2.34. The van der Waals surface area contributed by atoms with Gasteiger partial charge in [0, 0.05) is 18.7 Å². The van der Waals surface area contributed by atoms with Crippen LogP contribution in [0.15, 0.2) is 52.7 Å². The molecule has 0 saturated heterocycles. The fourth-order valence-corrected chi connectivity index (χ4v) is 4.16. The first-order valence-electron chi connectivity index (χ1n) is 12.0. The number of anilines is 2. The summed E-state index contributed by atoms with van der Waals surface area (Å²) in [6.07, 6.45) is 2.69. The topological polar surface area (TPSA) is 107 Å². The molecular weight excluding hydrogens is 458 g/mol. The first-order chi connectivity index (χ1) is 17.3. The van der Waals surface area contributed by atoms with Crippen LogP contribution in [0.4, 0.5) is 11.4 Å². The lowest BCUT2D eigenvalue weighted by molar-refractivity contribution is -0.144. The van der Waals surface area contributed by atoms with Gasteiger partial charge in [-0.05, 0) is 69.0 Å². The minimum atomic E-state index is -0.337. The van der Waals surface area contributed by atoms with Crippen LogP contribution in [0, 0.1) is 13.8 Å². The minimum absolute atomic E-state index is 0.0537. The molecule has 0 atom stereocenters. The third-order valence-corrected chi connectivity index (χ3v) is 6.34. The number of hydrogen-bond acceptors (Lipinski definition) is 8. The smallest absolute Gasteiger partial charge is 0.320 e. The van der Waals surface area contributed by atoms with Crippen LogP contribution in [0.25, 0.3) is 5.57 Å². The molecule has 2 N–H and O–H groups in total. The van der Waals surface area contributed by atoms with Gasteiger partial charge in [0.15, 0.2) is 5.71 Å². The van der Waals surface area contributed by atoms with Crippen LogP contribution in [0.1, 0.15) is 37.0 Å². The highest BCUT2D eigenvalue weighted by atomic mass is 16.5. The Morgan fingerprint density at radius 1 is 1.19 bits per heavy atom. The fraction of sp³-hybridized carbons (Fsp3) is 0.333. The number of benzene rings is 2. The van der Waals surface area contributed by atoms with E-state index in [1.54, 1.807) is 19.9 Å². The lowest BCUT2D eigenvalue weighted by Gasteiger charge is -2.26. The van der Waals surface area contributed by atoms with Crippen molar-refractivity contribution < 1.29 is 19.4 Å². The predicted molar refractivity (Wildman–Crippen MR) is 141 cm³/mol. The van der Waals surface area contributed by atoms with E-state index in [1.165, 1.54) is 5.01 Å². The SMILES string of the molecule is CCOC(=O)CN1CC=C(c2cccc(NN=C3C(=O)N(c4ccc(C)c(C)c4)N=C3C)c2O)CC1. The maximum Gasteiger partial charge on any atom is 0.320 e. The molecule has 2 heterocycles. The molecule has 188 valence electrons. The molecule has 0 spiro atoms. The Labute approximate surface area is 210 Å². The number of hydrogen-bond donors (Lipinski definition) is 2. The first kappa shape index (κ1) is 25.1. The molecule has 9 heteroatoms. The average Bonchev–Trinajstić information content (AvgIpc) is 3.14. The number of amides is 1. The summed E-state index contributed by atoms with van der Waals surface area (Å²) in [5, 5.41) is 20.9. The largest absolute Gasteiger partial charge is 0.505 e. The highest BCUT2D eigenvalue weighted by molar-refractivity contribution is 6.71. The first-order valence-corrected chi connectivity index (χ1v) is 12.0. The molecule has 0 aliphatic carbocycles. The summed E-state index contributed by atoms with van der Waals surface area (Å²) in [7, 11) is 0. The summed E-state index contributed by atoms with van der Waals surface area (Å²) in [4.78, 5) is 26.8. The molecule has 0 unspecified atom stereocenters. The quantitative estimate of drug-likeness (QED) is 0.348. The van der Waals surface area contributed by atoms with Crippen molar-refractivity contribution in [3.05, 3.63) is 59.2 Å². The van der Waals surface area contributed by atoms with E-state index in [1.807, 2.05) is 55.2 Å². The van der Waals surface area contributed by atoms with E-state index < -0.39 is 0 Å². The zero-order chi connectivity index (χ0) is 25.8. The van der Waals surface area contributed by atoms with Gasteiger partial charge in [0.2, 0.25) is 0 Å². The number of esters is 1. The molecule has 36 heavy (non-hydrogen) atoms. The number of phenolic OH excluding ortho intramolecular Hbond substituents is 1. The van der Waals surface area contributed by atoms with E-state index in [2.05, 4.69) is 15.6 Å². The minimum Gasteiger partial charge on any atom is -0.505 e. The highest BCUT2D eigenvalue weighted by Gasteiger charge is 2.31. The van der Waals surface area contributed by atoms with Gasteiger partial charge in [-0.3, -0.25) is 19.9 Å². The van der Waals surface area contributed by atoms with Gasteiger partial charge in [0.25, 0.3) is 0 Å². The second-order valence-electron chi connectivity index (χ2n) is 8.86. The Balaban J connectivity index is 1.47. The number of carbonyl (C=O) groups excluding carboxylic acids is 2. The summed E-state index contributed by atoms with van der Waals surface area (Å²) in [6.45, 7) is 9.40. The van der Waals surface area contributed by atoms with E-state index in [4.69, 9.17) is 4.74 Å². The van der Waals surface area contributed by atoms with E-state index >= 15 is 0 Å². The summed E-state index contributed by atoms with van der Waals surface area (Å²) in [6, 6.07) is 11.1. The van der Waals surface area contributed by atoms with Gasteiger partial charge in [0.1, 0.15) is 5.75 Å². The van der Waals surface area contributed by atoms with Crippen molar-refractivity contribution in [1.29, 1.82) is 0 Å². The summed E-state index contributed by atoms with van der Waals surface area (Å²) >= 11 is 0. The van der Waals surface area contributed by atoms with Gasteiger partial charge in [-0.15, -0.1) is 0 Å². The predicted octanol–water partition coefficient (Wildman–Crippen LogP) is 3.85. The van der Waals surface area contributed by atoms with Crippen molar-refractivity contribution in [2.24, 2.45) is 10.2 Å². The van der Waals surface area contributed by atoms with Crippen LogP contribution in [-0.2, 0) is 14.3 Å². The molecule has 2 aromatic carbocycles. The monoisotopic (exact) mass is 489 g/mol. The highest BCUT2D eigenvalue weighted by Crippen LogP contribution is 2.35. The summed E-state index contributed by atoms with van der Waals surface area (Å²) in [5.41, 5.74) is 8.47. The lowest BCUT2D eigenvalue weighted by atomic mass is 9.98. The van der Waals surface area contributed by atoms with Crippen LogP contribution in [-0.4, -0.2) is 59.5 Å². The Morgan fingerprint density at radius 2 is 2.00 bits per heavy atom. The summed E-state index contributed by atoms with van der Waals surface area (Å²) in [5.74, 6) is -0.521. The maximum absolute atomic E-state index is 13.0. The van der Waals surface area contributed by atoms with E-state index in [0.29, 0.717) is 48.8 Å². The average molecular weight is 490 g/mol. The number of rotatable bonds is 7. The van der Waals surface area contributed by atoms with Gasteiger partial charge in [-0.25, -0.2) is 0 Å². The third kappa shape index (κ3) is 5.31. The Kier molecular flexibility index (Phi) is 7.49. The molecule has 2 aliphatic rings. The second-order valence-corrected chi connectivity index (χ2v) is 8.86. The Morgan fingerprint density at radius 3 is 2.69 bits per heavy atom. The third-order valence-electron chi connectivity index (χ3n) is 6.34. The van der Waals surface area contributed by atoms with Crippen molar-refractivity contribution >= 4 is 40.2 Å². The van der Waals surface area contributed by atoms with Crippen molar-refractivity contribution in [2.75, 3.05) is 36.7 Å². The molecule has 9 nitrogen and oxygen atoms in total. The maximum atomic E-state index is 13.0. The molecule has 2 aliphatic heterocycles. The van der Waals surface area contributed by atoms with Crippen molar-refractivity contribution in [1.82, 2.24) is 4.90 Å². The number of ether oxygens (including phenoxy) is 1. The number of aryl methyl sites for hydroxylation is 2. The van der Waals surface area contributed by atoms with E-state index in [9.17, 15) is 14.7 Å². The molecular formula is C27H31N5O4. The fourth-order valence-electron chi connectivity index (χ4n) is 4.16. The van der Waals surface area contributed by atoms with Crippen LogP contribution in [0.2, 0.25) is 0 Å². The van der Waals surface area contributed by atoms with E-state index in [0.717, 1.165) is 16.7 Å². The zero-order valence-electron chi connectivity index (χ0n) is 21.0. The van der Waals surface area contributed by atoms with Crippen molar-refractivity contribution in [2.45, 2.75) is 34.1 Å². The number of nitrogens with zero attached hydrogens (tertiary/aromatic N) is 4. The van der Waals surface area contributed by atoms with Crippen molar-refractivity contribution in [3.63, 3.8) is 0 Å². The zero-order valence-corrected chi connectivity index (χ0v) is 21.0. The molecule has 0 bridgehead atoms. The second kappa shape index (κ2) is 10.7. The van der Waals surface area contributed by atoms with Gasteiger partial charge in [-0.1, -0.05) is 24.3 Å². The molecule has 0 radical (unpaired) electrons. The van der Waals surface area contributed by atoms with Gasteiger partial charge < -0.3 is 9.84 Å². The molecule has 0 saturated carbocycles. The van der Waals surface area contributed by atoms with Crippen LogP contribution in [0.5, 0.6) is 5.75 Å². The summed E-state index contributed by atoms with van der Waals surface area (Å²) < 4.78 is 5.02. The number of carbonyl (C=O) groups is 2. The van der Waals surface area contributed by atoms with Gasteiger partial charge >= 0.3 is 11.9 Å². The number of aromatic hydroxyl groups is 1. The molecule has 1 amide bonds. The van der Waals surface area contributed by atoms with Crippen LogP contribution >= 0.6 is 0 Å². The van der Waals surface area contributed by atoms with Crippen LogP contribution < -0.4 is 10.4 Å². The normalized spacial score (nSPS) is 17.3.